The van der Waals surface area contributed by atoms with Crippen LogP contribution in [0.25, 0.3) is 11.3 Å². The Kier molecular flexibility index (Phi) is 4.78. The van der Waals surface area contributed by atoms with Crippen LogP contribution in [0.2, 0.25) is 0 Å². The summed E-state index contributed by atoms with van der Waals surface area (Å²) in [7, 11) is -4.29. The molecule has 7 nitrogen and oxygen atoms in total. The van der Waals surface area contributed by atoms with Gasteiger partial charge in [-0.15, -0.1) is 4.83 Å². The zero-order valence-electron chi connectivity index (χ0n) is 12.9. The highest BCUT2D eigenvalue weighted by molar-refractivity contribution is 7.89. The standard InChI is InChI=1S/C16H11F2N3O4S/c17-12-7-6-11(8-13(12)18)26(23,24)21-19-16(22)14-9-15(25-20-14)10-4-2-1-3-5-10/h1-9,21H,(H,19,22). The summed E-state index contributed by atoms with van der Waals surface area (Å²) >= 11 is 0. The van der Waals surface area contributed by atoms with Crippen LogP contribution in [0, 0.1) is 11.6 Å². The summed E-state index contributed by atoms with van der Waals surface area (Å²) in [5.74, 6) is -3.09. The minimum Gasteiger partial charge on any atom is -0.355 e. The molecule has 2 N–H and O–H groups in total. The monoisotopic (exact) mass is 379 g/mol. The van der Waals surface area contributed by atoms with Crippen LogP contribution < -0.4 is 10.3 Å². The van der Waals surface area contributed by atoms with E-state index in [0.717, 1.165) is 6.07 Å². The van der Waals surface area contributed by atoms with Crippen molar-refractivity contribution in [2.45, 2.75) is 4.90 Å². The number of benzene rings is 2. The van der Waals surface area contributed by atoms with Crippen molar-refractivity contribution in [3.05, 3.63) is 71.9 Å². The smallest absolute Gasteiger partial charge is 0.288 e. The fourth-order valence-corrected chi connectivity index (χ4v) is 2.85. The van der Waals surface area contributed by atoms with Gasteiger partial charge in [0, 0.05) is 11.6 Å². The summed E-state index contributed by atoms with van der Waals surface area (Å²) in [6, 6.07) is 12.2. The van der Waals surface area contributed by atoms with Gasteiger partial charge >= 0.3 is 0 Å². The number of hydrogen-bond donors (Lipinski definition) is 2. The van der Waals surface area contributed by atoms with E-state index in [9.17, 15) is 22.0 Å². The maximum atomic E-state index is 13.2. The van der Waals surface area contributed by atoms with Gasteiger partial charge in [0.25, 0.3) is 15.9 Å². The van der Waals surface area contributed by atoms with Crippen LogP contribution in [-0.2, 0) is 10.0 Å². The second-order valence-electron chi connectivity index (χ2n) is 5.08. The lowest BCUT2D eigenvalue weighted by atomic mass is 10.2. The summed E-state index contributed by atoms with van der Waals surface area (Å²) < 4.78 is 55.1. The quantitative estimate of drug-likeness (QED) is 0.662. The molecule has 0 bridgehead atoms. The lowest BCUT2D eigenvalue weighted by Crippen LogP contribution is -2.41. The average molecular weight is 379 g/mol. The highest BCUT2D eigenvalue weighted by atomic mass is 32.2. The molecule has 0 aliphatic carbocycles. The number of rotatable bonds is 5. The number of amides is 1. The summed E-state index contributed by atoms with van der Waals surface area (Å²) in [4.78, 5) is 13.2. The van der Waals surface area contributed by atoms with E-state index in [1.165, 1.54) is 6.07 Å². The number of sulfonamides is 1. The first-order valence-corrected chi connectivity index (χ1v) is 8.64. The number of carbonyl (C=O) groups excluding carboxylic acids is 1. The third kappa shape index (κ3) is 3.76. The van der Waals surface area contributed by atoms with Gasteiger partial charge in [-0.3, -0.25) is 10.2 Å². The Morgan fingerprint density at radius 3 is 2.42 bits per heavy atom. The predicted molar refractivity (Wildman–Crippen MR) is 86.1 cm³/mol. The van der Waals surface area contributed by atoms with Gasteiger partial charge in [-0.1, -0.05) is 35.5 Å². The number of halogens is 2. The molecule has 1 heterocycles. The summed E-state index contributed by atoms with van der Waals surface area (Å²) in [6.07, 6.45) is 0. The molecular formula is C16H11F2N3O4S. The van der Waals surface area contributed by atoms with E-state index in [4.69, 9.17) is 4.52 Å². The molecule has 1 aromatic heterocycles. The summed E-state index contributed by atoms with van der Waals surface area (Å²) in [5.41, 5.74) is 2.43. The van der Waals surface area contributed by atoms with Crippen LogP contribution in [0.3, 0.4) is 0 Å². The number of nitrogens with one attached hydrogen (secondary N) is 2. The molecule has 134 valence electrons. The molecule has 0 spiro atoms. The average Bonchev–Trinajstić information content (AvgIpc) is 3.13. The van der Waals surface area contributed by atoms with Crippen molar-refractivity contribution in [2.75, 3.05) is 0 Å². The third-order valence-corrected chi connectivity index (χ3v) is 4.55. The molecule has 0 fully saturated rings. The number of carbonyl (C=O) groups is 1. The fraction of sp³-hybridized carbons (Fsp3) is 0. The van der Waals surface area contributed by atoms with Crippen molar-refractivity contribution in [1.82, 2.24) is 15.4 Å². The zero-order chi connectivity index (χ0) is 18.7. The van der Waals surface area contributed by atoms with Gasteiger partial charge in [-0.05, 0) is 18.2 Å². The van der Waals surface area contributed by atoms with Gasteiger partial charge in [-0.25, -0.2) is 17.2 Å². The molecule has 0 saturated carbocycles. The van der Waals surface area contributed by atoms with Crippen LogP contribution >= 0.6 is 0 Å². The maximum absolute atomic E-state index is 13.2. The summed E-state index contributed by atoms with van der Waals surface area (Å²) in [6.45, 7) is 0. The maximum Gasteiger partial charge on any atom is 0.288 e. The van der Waals surface area contributed by atoms with Gasteiger partial charge in [0.2, 0.25) is 0 Å². The topological polar surface area (TPSA) is 101 Å². The Balaban J connectivity index is 1.70. The van der Waals surface area contributed by atoms with Crippen molar-refractivity contribution in [1.29, 1.82) is 0 Å². The van der Waals surface area contributed by atoms with E-state index in [-0.39, 0.29) is 5.69 Å². The van der Waals surface area contributed by atoms with Crippen LogP contribution in [0.15, 0.2) is 64.0 Å². The van der Waals surface area contributed by atoms with Gasteiger partial charge in [0.1, 0.15) is 0 Å². The molecule has 0 saturated heterocycles. The van der Waals surface area contributed by atoms with E-state index in [1.807, 2.05) is 5.43 Å². The van der Waals surface area contributed by atoms with Crippen molar-refractivity contribution in [3.8, 4) is 11.3 Å². The molecule has 1 amide bonds. The molecule has 3 aromatic rings. The lowest BCUT2D eigenvalue weighted by Gasteiger charge is -2.07. The second-order valence-corrected chi connectivity index (χ2v) is 6.76. The first kappa shape index (κ1) is 17.7. The van der Waals surface area contributed by atoms with Crippen LogP contribution in [0.5, 0.6) is 0 Å². The Labute approximate surface area is 146 Å². The van der Waals surface area contributed by atoms with Gasteiger partial charge < -0.3 is 4.52 Å². The first-order chi connectivity index (χ1) is 12.4. The van der Waals surface area contributed by atoms with Gasteiger partial charge in [0.15, 0.2) is 23.1 Å². The Bertz CT molecular complexity index is 1050. The van der Waals surface area contributed by atoms with E-state index >= 15 is 0 Å². The molecule has 26 heavy (non-hydrogen) atoms. The highest BCUT2D eigenvalue weighted by Gasteiger charge is 2.19. The third-order valence-electron chi connectivity index (χ3n) is 3.30. The fourth-order valence-electron chi connectivity index (χ4n) is 2.00. The molecule has 2 aromatic carbocycles. The van der Waals surface area contributed by atoms with E-state index < -0.39 is 32.5 Å². The molecular weight excluding hydrogens is 368 g/mol. The van der Waals surface area contributed by atoms with Crippen LogP contribution in [-0.4, -0.2) is 19.5 Å². The Morgan fingerprint density at radius 2 is 1.73 bits per heavy atom. The predicted octanol–water partition coefficient (Wildman–Crippen LogP) is 2.24. The Morgan fingerprint density at radius 1 is 1.00 bits per heavy atom. The van der Waals surface area contributed by atoms with Gasteiger partial charge in [-0.2, -0.15) is 0 Å². The molecule has 3 rings (SSSR count). The van der Waals surface area contributed by atoms with Crippen molar-refractivity contribution in [2.24, 2.45) is 0 Å². The van der Waals surface area contributed by atoms with Crippen LogP contribution in [0.1, 0.15) is 10.5 Å². The molecule has 0 aliphatic heterocycles. The molecule has 10 heteroatoms. The minimum absolute atomic E-state index is 0.170. The van der Waals surface area contributed by atoms with Crippen molar-refractivity contribution in [3.63, 3.8) is 0 Å². The first-order valence-electron chi connectivity index (χ1n) is 7.16. The SMILES string of the molecule is O=C(NNS(=O)(=O)c1ccc(F)c(F)c1)c1cc(-c2ccccc2)on1. The van der Waals surface area contributed by atoms with E-state index in [0.29, 0.717) is 23.5 Å². The van der Waals surface area contributed by atoms with E-state index in [1.54, 1.807) is 35.2 Å². The second kappa shape index (κ2) is 7.02. The summed E-state index contributed by atoms with van der Waals surface area (Å²) in [5, 5.41) is 3.56. The normalized spacial score (nSPS) is 11.3. The molecule has 0 aliphatic rings. The minimum atomic E-state index is -4.29. The molecule has 0 unspecified atom stereocenters. The van der Waals surface area contributed by atoms with Crippen molar-refractivity contribution >= 4 is 15.9 Å². The van der Waals surface area contributed by atoms with Gasteiger partial charge in [0.05, 0.1) is 4.90 Å². The Hall–Kier alpha value is -3.11. The number of hydrazine groups is 1. The van der Waals surface area contributed by atoms with Crippen LogP contribution in [0.4, 0.5) is 8.78 Å². The number of aromatic nitrogens is 1. The highest BCUT2D eigenvalue weighted by Crippen LogP contribution is 2.19. The van der Waals surface area contributed by atoms with E-state index in [2.05, 4.69) is 5.16 Å². The van der Waals surface area contributed by atoms with Crippen molar-refractivity contribution < 1.29 is 26.5 Å². The zero-order valence-corrected chi connectivity index (χ0v) is 13.8. The number of nitrogens with zero attached hydrogens (tertiary/aromatic N) is 1. The lowest BCUT2D eigenvalue weighted by molar-refractivity contribution is 0.0936. The largest absolute Gasteiger partial charge is 0.355 e. The molecule has 0 atom stereocenters. The molecule has 0 radical (unpaired) electrons. The number of hydrogen-bond acceptors (Lipinski definition) is 5.